The van der Waals surface area contributed by atoms with Gasteiger partial charge in [-0.2, -0.15) is 0 Å². The van der Waals surface area contributed by atoms with Crippen molar-refractivity contribution in [3.63, 3.8) is 0 Å². The van der Waals surface area contributed by atoms with Crippen LogP contribution in [0.2, 0.25) is 0 Å². The van der Waals surface area contributed by atoms with Gasteiger partial charge < -0.3 is 4.90 Å². The number of para-hydroxylation sites is 1. The summed E-state index contributed by atoms with van der Waals surface area (Å²) >= 11 is 0. The van der Waals surface area contributed by atoms with E-state index in [0.717, 1.165) is 17.1 Å². The second kappa shape index (κ2) is 14.4. The fourth-order valence-corrected chi connectivity index (χ4v) is 7.25. The van der Waals surface area contributed by atoms with Gasteiger partial charge in [0, 0.05) is 22.4 Å². The lowest BCUT2D eigenvalue weighted by atomic mass is 9.78. The molecule has 0 bridgehead atoms. The summed E-state index contributed by atoms with van der Waals surface area (Å²) in [6.45, 7) is 4.60. The number of benzene rings is 8. The summed E-state index contributed by atoms with van der Waals surface area (Å²) in [4.78, 5) is 2.40. The van der Waals surface area contributed by atoms with E-state index >= 15 is 0 Å². The molecule has 52 heavy (non-hydrogen) atoms. The van der Waals surface area contributed by atoms with E-state index in [2.05, 4.69) is 231 Å². The molecular weight excluding hydrogens is 627 g/mol. The van der Waals surface area contributed by atoms with Crippen molar-refractivity contribution in [3.8, 4) is 44.5 Å². The summed E-state index contributed by atoms with van der Waals surface area (Å²) in [6.07, 6.45) is 0. The zero-order valence-corrected chi connectivity index (χ0v) is 29.7. The Labute approximate surface area is 308 Å². The third-order valence-electron chi connectivity index (χ3n) is 10.2. The van der Waals surface area contributed by atoms with E-state index in [9.17, 15) is 0 Å². The lowest BCUT2D eigenvalue weighted by molar-refractivity contribution is 0.641. The summed E-state index contributed by atoms with van der Waals surface area (Å²) in [5.74, 6) is 0. The van der Waals surface area contributed by atoms with Gasteiger partial charge >= 0.3 is 0 Å². The van der Waals surface area contributed by atoms with Crippen molar-refractivity contribution < 1.29 is 0 Å². The summed E-state index contributed by atoms with van der Waals surface area (Å²) in [7, 11) is 0. The molecule has 0 N–H and O–H groups in total. The van der Waals surface area contributed by atoms with E-state index in [0.29, 0.717) is 0 Å². The predicted molar refractivity (Wildman–Crippen MR) is 221 cm³/mol. The van der Waals surface area contributed by atoms with E-state index in [1.54, 1.807) is 0 Å². The van der Waals surface area contributed by atoms with Crippen LogP contribution in [0.25, 0.3) is 44.5 Å². The van der Waals surface area contributed by atoms with E-state index in [1.165, 1.54) is 55.6 Å². The fraction of sp³-hybridized carbons (Fsp3) is 0.0588. The highest BCUT2D eigenvalue weighted by atomic mass is 15.1. The molecule has 0 saturated heterocycles. The molecule has 0 spiro atoms. The van der Waals surface area contributed by atoms with Crippen LogP contribution in [-0.2, 0) is 5.41 Å². The molecule has 0 saturated carbocycles. The van der Waals surface area contributed by atoms with Gasteiger partial charge in [0.05, 0.1) is 5.69 Å². The van der Waals surface area contributed by atoms with Crippen molar-refractivity contribution in [2.45, 2.75) is 19.3 Å². The Morgan fingerprint density at radius 3 is 1.21 bits per heavy atom. The Bertz CT molecular complexity index is 2380. The third kappa shape index (κ3) is 6.57. The van der Waals surface area contributed by atoms with E-state index < -0.39 is 0 Å². The molecule has 0 aliphatic rings. The second-order valence-corrected chi connectivity index (χ2v) is 13.8. The van der Waals surface area contributed by atoms with Crippen LogP contribution in [0.3, 0.4) is 0 Å². The van der Waals surface area contributed by atoms with Crippen molar-refractivity contribution in [2.75, 3.05) is 4.90 Å². The average molecular weight is 668 g/mol. The van der Waals surface area contributed by atoms with Crippen molar-refractivity contribution in [3.05, 3.63) is 223 Å². The Hall–Kier alpha value is -6.44. The lowest BCUT2D eigenvalue weighted by Crippen LogP contribution is -2.19. The molecule has 8 aromatic rings. The highest BCUT2D eigenvalue weighted by Crippen LogP contribution is 2.44. The largest absolute Gasteiger partial charge is 0.310 e. The van der Waals surface area contributed by atoms with Crippen molar-refractivity contribution in [2.24, 2.45) is 0 Å². The molecule has 0 unspecified atom stereocenters. The summed E-state index contributed by atoms with van der Waals surface area (Å²) in [5.41, 5.74) is 15.4. The number of rotatable bonds is 9. The first-order valence-electron chi connectivity index (χ1n) is 18.0. The van der Waals surface area contributed by atoms with Gasteiger partial charge in [0.15, 0.2) is 0 Å². The first-order valence-corrected chi connectivity index (χ1v) is 18.0. The Balaban J connectivity index is 1.22. The van der Waals surface area contributed by atoms with Crippen molar-refractivity contribution in [1.29, 1.82) is 0 Å². The maximum absolute atomic E-state index is 2.40. The number of nitrogens with zero attached hydrogens (tertiary/aromatic N) is 1. The molecular formula is C51H41N. The normalized spacial score (nSPS) is 11.3. The molecule has 0 aromatic heterocycles. The molecule has 0 atom stereocenters. The minimum absolute atomic E-state index is 0.130. The van der Waals surface area contributed by atoms with Crippen LogP contribution >= 0.6 is 0 Å². The smallest absolute Gasteiger partial charge is 0.0540 e. The zero-order chi connectivity index (χ0) is 35.3. The molecule has 0 amide bonds. The van der Waals surface area contributed by atoms with Crippen molar-refractivity contribution >= 4 is 17.1 Å². The van der Waals surface area contributed by atoms with Gasteiger partial charge in [0.2, 0.25) is 0 Å². The van der Waals surface area contributed by atoms with Crippen molar-refractivity contribution in [1.82, 2.24) is 0 Å². The molecule has 0 heterocycles. The van der Waals surface area contributed by atoms with Gasteiger partial charge in [-0.05, 0) is 80.4 Å². The van der Waals surface area contributed by atoms with E-state index in [4.69, 9.17) is 0 Å². The van der Waals surface area contributed by atoms with Gasteiger partial charge in [0.1, 0.15) is 0 Å². The van der Waals surface area contributed by atoms with Gasteiger partial charge in [0.25, 0.3) is 0 Å². The van der Waals surface area contributed by atoms with Gasteiger partial charge in [-0.15, -0.1) is 0 Å². The average Bonchev–Trinajstić information content (AvgIpc) is 3.23. The minimum Gasteiger partial charge on any atom is -0.310 e. The minimum atomic E-state index is -0.130. The first kappa shape index (κ1) is 32.7. The Morgan fingerprint density at radius 1 is 0.288 bits per heavy atom. The van der Waals surface area contributed by atoms with Crippen LogP contribution < -0.4 is 4.90 Å². The molecule has 0 radical (unpaired) electrons. The summed E-state index contributed by atoms with van der Waals surface area (Å²) in [6, 6.07) is 76.5. The molecule has 0 aliphatic carbocycles. The number of hydrogen-bond acceptors (Lipinski definition) is 1. The highest BCUT2D eigenvalue weighted by Gasteiger charge is 2.24. The lowest BCUT2D eigenvalue weighted by Gasteiger charge is -2.30. The van der Waals surface area contributed by atoms with Gasteiger partial charge in [-0.3, -0.25) is 0 Å². The van der Waals surface area contributed by atoms with Gasteiger partial charge in [-0.1, -0.05) is 196 Å². The number of anilines is 3. The van der Waals surface area contributed by atoms with E-state index in [1.807, 2.05) is 0 Å². The maximum Gasteiger partial charge on any atom is 0.0540 e. The Kier molecular flexibility index (Phi) is 9.08. The maximum atomic E-state index is 2.40. The Morgan fingerprint density at radius 2 is 0.654 bits per heavy atom. The molecule has 0 fully saturated rings. The number of hydrogen-bond donors (Lipinski definition) is 0. The topological polar surface area (TPSA) is 3.24 Å². The van der Waals surface area contributed by atoms with Crippen LogP contribution in [0.1, 0.15) is 25.0 Å². The standard InChI is InChI=1S/C51H41N/c1-51(2,43-20-10-5-11-21-43)44-32-36-46(37-33-44)52(45-34-30-41(31-35-45)40-28-26-39(27-29-40)38-16-6-3-7-17-38)50-25-15-14-24-49(50)48-23-13-12-22-47(48)42-18-8-4-9-19-42/h3-37H,1-2H3. The second-order valence-electron chi connectivity index (χ2n) is 13.8. The molecule has 8 rings (SSSR count). The first-order chi connectivity index (χ1) is 25.6. The molecule has 8 aromatic carbocycles. The fourth-order valence-electron chi connectivity index (χ4n) is 7.25. The quantitative estimate of drug-likeness (QED) is 0.148. The third-order valence-corrected chi connectivity index (χ3v) is 10.2. The molecule has 250 valence electrons. The summed E-state index contributed by atoms with van der Waals surface area (Å²) in [5, 5.41) is 0. The van der Waals surface area contributed by atoms with E-state index in [-0.39, 0.29) is 5.41 Å². The van der Waals surface area contributed by atoms with Crippen LogP contribution in [-0.4, -0.2) is 0 Å². The highest BCUT2D eigenvalue weighted by molar-refractivity contribution is 5.94. The van der Waals surface area contributed by atoms with Crippen LogP contribution in [0.5, 0.6) is 0 Å². The monoisotopic (exact) mass is 667 g/mol. The molecule has 1 nitrogen and oxygen atoms in total. The molecule has 0 aliphatic heterocycles. The summed E-state index contributed by atoms with van der Waals surface area (Å²) < 4.78 is 0. The van der Waals surface area contributed by atoms with Crippen LogP contribution in [0.4, 0.5) is 17.1 Å². The SMILES string of the molecule is CC(C)(c1ccccc1)c1ccc(N(c2ccc(-c3ccc(-c4ccccc4)cc3)cc2)c2ccccc2-c2ccccc2-c2ccccc2)cc1. The van der Waals surface area contributed by atoms with Gasteiger partial charge in [-0.25, -0.2) is 0 Å². The van der Waals surface area contributed by atoms with Crippen LogP contribution in [0, 0.1) is 0 Å². The van der Waals surface area contributed by atoms with Crippen LogP contribution in [0.15, 0.2) is 212 Å². The molecule has 1 heteroatoms. The predicted octanol–water partition coefficient (Wildman–Crippen LogP) is 14.2. The zero-order valence-electron chi connectivity index (χ0n) is 29.7.